The van der Waals surface area contributed by atoms with Gasteiger partial charge in [-0.15, -0.1) is 0 Å². The van der Waals surface area contributed by atoms with Crippen LogP contribution in [0.25, 0.3) is 0 Å². The van der Waals surface area contributed by atoms with E-state index in [0.29, 0.717) is 12.2 Å². The fourth-order valence-corrected chi connectivity index (χ4v) is 1.89. The Morgan fingerprint density at radius 2 is 2.00 bits per heavy atom. The van der Waals surface area contributed by atoms with E-state index in [1.54, 1.807) is 0 Å². The van der Waals surface area contributed by atoms with E-state index in [1.807, 2.05) is 20.8 Å². The first-order chi connectivity index (χ1) is 8.63. The van der Waals surface area contributed by atoms with Crippen LogP contribution in [-0.2, 0) is 10.0 Å². The summed E-state index contributed by atoms with van der Waals surface area (Å²) in [6.45, 7) is 5.69. The number of nitrogens with one attached hydrogen (secondary N) is 1. The summed E-state index contributed by atoms with van der Waals surface area (Å²) in [6.07, 6.45) is 0. The molecular weight excluding hydrogens is 271 g/mol. The van der Waals surface area contributed by atoms with Crippen LogP contribution in [0.2, 0.25) is 0 Å². The van der Waals surface area contributed by atoms with Gasteiger partial charge < -0.3 is 10.1 Å². The monoisotopic (exact) mass is 290 g/mol. The Hall–Kier alpha value is -1.34. The Bertz CT molecular complexity index is 538. The number of alkyl halides is 1. The minimum atomic E-state index is -3.83. The van der Waals surface area contributed by atoms with Gasteiger partial charge in [0.15, 0.2) is 0 Å². The van der Waals surface area contributed by atoms with Crippen LogP contribution in [0.3, 0.4) is 0 Å². The molecule has 0 aliphatic rings. The highest BCUT2D eigenvalue weighted by atomic mass is 32.2. The SMILES string of the molecule is CC(C)(C)CNc1ccc(S(N)(=O)=O)cc1OCF. The summed E-state index contributed by atoms with van der Waals surface area (Å²) in [5, 5.41) is 8.11. The van der Waals surface area contributed by atoms with E-state index in [4.69, 9.17) is 9.88 Å². The number of primary sulfonamides is 1. The third kappa shape index (κ3) is 5.04. The first-order valence-corrected chi connectivity index (χ1v) is 7.27. The first kappa shape index (κ1) is 15.7. The molecule has 3 N–H and O–H groups in total. The topological polar surface area (TPSA) is 81.4 Å². The second-order valence-electron chi connectivity index (χ2n) is 5.37. The molecule has 0 unspecified atom stereocenters. The summed E-state index contributed by atoms with van der Waals surface area (Å²) >= 11 is 0. The molecule has 1 aromatic carbocycles. The first-order valence-electron chi connectivity index (χ1n) is 5.73. The normalized spacial score (nSPS) is 12.3. The van der Waals surface area contributed by atoms with Crippen molar-refractivity contribution in [2.45, 2.75) is 25.7 Å². The lowest BCUT2D eigenvalue weighted by atomic mass is 9.97. The summed E-state index contributed by atoms with van der Waals surface area (Å²) in [5.74, 6) is 0.123. The number of benzene rings is 1. The minimum Gasteiger partial charge on any atom is -0.461 e. The molecule has 0 saturated heterocycles. The van der Waals surface area contributed by atoms with Gasteiger partial charge in [0.2, 0.25) is 16.9 Å². The zero-order valence-electron chi connectivity index (χ0n) is 11.2. The largest absolute Gasteiger partial charge is 0.461 e. The van der Waals surface area contributed by atoms with Gasteiger partial charge in [-0.1, -0.05) is 20.8 Å². The molecule has 0 atom stereocenters. The third-order valence-electron chi connectivity index (χ3n) is 2.30. The van der Waals surface area contributed by atoms with Crippen molar-refractivity contribution in [3.8, 4) is 5.75 Å². The fourth-order valence-electron chi connectivity index (χ4n) is 1.36. The van der Waals surface area contributed by atoms with Crippen molar-refractivity contribution in [2.24, 2.45) is 10.6 Å². The fraction of sp³-hybridized carbons (Fsp3) is 0.500. The highest BCUT2D eigenvalue weighted by Gasteiger charge is 2.15. The van der Waals surface area contributed by atoms with Crippen LogP contribution in [0, 0.1) is 5.41 Å². The van der Waals surface area contributed by atoms with Gasteiger partial charge in [0.05, 0.1) is 10.6 Å². The number of halogens is 1. The third-order valence-corrected chi connectivity index (χ3v) is 3.21. The van der Waals surface area contributed by atoms with Crippen LogP contribution in [0.5, 0.6) is 5.75 Å². The van der Waals surface area contributed by atoms with Crippen LogP contribution < -0.4 is 15.2 Å². The molecule has 0 amide bonds. The number of hydrogen-bond donors (Lipinski definition) is 2. The summed E-state index contributed by atoms with van der Waals surface area (Å²) < 4.78 is 39.6. The second kappa shape index (κ2) is 5.75. The standard InChI is InChI=1S/C12H19FN2O3S/c1-12(2,3)7-15-10-5-4-9(19(14,16)17)6-11(10)18-8-13/h4-6,15H,7-8H2,1-3H3,(H2,14,16,17). The van der Waals surface area contributed by atoms with Crippen molar-refractivity contribution in [1.29, 1.82) is 0 Å². The van der Waals surface area contributed by atoms with Gasteiger partial charge >= 0.3 is 0 Å². The van der Waals surface area contributed by atoms with Gasteiger partial charge in [0.25, 0.3) is 0 Å². The molecule has 0 aromatic heterocycles. The van der Waals surface area contributed by atoms with Gasteiger partial charge in [0.1, 0.15) is 5.75 Å². The smallest absolute Gasteiger partial charge is 0.238 e. The van der Waals surface area contributed by atoms with Crippen molar-refractivity contribution in [3.63, 3.8) is 0 Å². The quantitative estimate of drug-likeness (QED) is 0.870. The molecule has 19 heavy (non-hydrogen) atoms. The van der Waals surface area contributed by atoms with Crippen LogP contribution >= 0.6 is 0 Å². The Labute approximate surface area is 113 Å². The highest BCUT2D eigenvalue weighted by Crippen LogP contribution is 2.28. The molecular formula is C12H19FN2O3S. The van der Waals surface area contributed by atoms with E-state index in [1.165, 1.54) is 18.2 Å². The van der Waals surface area contributed by atoms with Gasteiger partial charge in [-0.05, 0) is 17.5 Å². The molecule has 0 aliphatic carbocycles. The zero-order valence-corrected chi connectivity index (χ0v) is 12.1. The van der Waals surface area contributed by atoms with Crippen LogP contribution in [0.1, 0.15) is 20.8 Å². The van der Waals surface area contributed by atoms with Crippen LogP contribution in [-0.4, -0.2) is 21.8 Å². The molecule has 0 heterocycles. The van der Waals surface area contributed by atoms with E-state index >= 15 is 0 Å². The molecule has 0 spiro atoms. The molecule has 108 valence electrons. The predicted molar refractivity (Wildman–Crippen MR) is 72.4 cm³/mol. The van der Waals surface area contributed by atoms with E-state index in [-0.39, 0.29) is 16.1 Å². The number of ether oxygens (including phenoxy) is 1. The van der Waals surface area contributed by atoms with Crippen molar-refractivity contribution in [1.82, 2.24) is 0 Å². The lowest BCUT2D eigenvalue weighted by Gasteiger charge is -2.21. The lowest BCUT2D eigenvalue weighted by Crippen LogP contribution is -2.19. The van der Waals surface area contributed by atoms with E-state index in [9.17, 15) is 12.8 Å². The van der Waals surface area contributed by atoms with Gasteiger partial charge in [-0.2, -0.15) is 0 Å². The molecule has 1 aromatic rings. The second-order valence-corrected chi connectivity index (χ2v) is 6.93. The zero-order chi connectivity index (χ0) is 14.7. The van der Waals surface area contributed by atoms with Gasteiger partial charge in [0, 0.05) is 12.6 Å². The van der Waals surface area contributed by atoms with Crippen molar-refractivity contribution in [3.05, 3.63) is 18.2 Å². The molecule has 0 bridgehead atoms. The van der Waals surface area contributed by atoms with E-state index in [2.05, 4.69) is 5.32 Å². The highest BCUT2D eigenvalue weighted by molar-refractivity contribution is 7.89. The Morgan fingerprint density at radius 3 is 2.47 bits per heavy atom. The van der Waals surface area contributed by atoms with Crippen LogP contribution in [0.15, 0.2) is 23.1 Å². The van der Waals surface area contributed by atoms with Gasteiger partial charge in [-0.3, -0.25) is 0 Å². The molecule has 0 saturated carbocycles. The lowest BCUT2D eigenvalue weighted by molar-refractivity contribution is 0.192. The number of hydrogen-bond acceptors (Lipinski definition) is 4. The van der Waals surface area contributed by atoms with E-state index in [0.717, 1.165) is 0 Å². The molecule has 0 radical (unpaired) electrons. The summed E-state index contributed by atoms with van der Waals surface area (Å²) in [5.41, 5.74) is 0.547. The van der Waals surface area contributed by atoms with Gasteiger partial charge in [-0.25, -0.2) is 17.9 Å². The van der Waals surface area contributed by atoms with Crippen molar-refractivity contribution >= 4 is 15.7 Å². The number of sulfonamides is 1. The van der Waals surface area contributed by atoms with Crippen LogP contribution in [0.4, 0.5) is 10.1 Å². The Balaban J connectivity index is 3.05. The number of anilines is 1. The minimum absolute atomic E-state index is 0.0194. The maximum absolute atomic E-state index is 12.3. The number of rotatable bonds is 5. The molecule has 7 heteroatoms. The van der Waals surface area contributed by atoms with Crippen molar-refractivity contribution in [2.75, 3.05) is 18.7 Å². The summed E-state index contributed by atoms with van der Waals surface area (Å²) in [4.78, 5) is -0.114. The summed E-state index contributed by atoms with van der Waals surface area (Å²) in [7, 11) is -3.83. The van der Waals surface area contributed by atoms with Crippen molar-refractivity contribution < 1.29 is 17.5 Å². The molecule has 1 rings (SSSR count). The average molecular weight is 290 g/mol. The Morgan fingerprint density at radius 1 is 1.37 bits per heavy atom. The number of nitrogens with two attached hydrogens (primary N) is 1. The molecule has 0 fully saturated rings. The summed E-state index contributed by atoms with van der Waals surface area (Å²) in [6, 6.07) is 4.07. The molecule has 0 aliphatic heterocycles. The average Bonchev–Trinajstić information content (AvgIpc) is 2.25. The molecule has 5 nitrogen and oxygen atoms in total. The maximum Gasteiger partial charge on any atom is 0.238 e. The van der Waals surface area contributed by atoms with E-state index < -0.39 is 16.9 Å². The maximum atomic E-state index is 12.3. The Kier molecular flexibility index (Phi) is 4.75. The predicted octanol–water partition coefficient (Wildman–Crippen LogP) is 2.10.